The number of rotatable bonds is 2. The Bertz CT molecular complexity index is 929. The minimum absolute atomic E-state index is 0.0227. The van der Waals surface area contributed by atoms with E-state index >= 15 is 0 Å². The average Bonchev–Trinajstić information content (AvgIpc) is 3.02. The second-order valence-corrected chi connectivity index (χ2v) is 7.78. The molecule has 0 spiro atoms. The van der Waals surface area contributed by atoms with Crippen LogP contribution in [0.5, 0.6) is 0 Å². The van der Waals surface area contributed by atoms with E-state index in [9.17, 15) is 4.79 Å². The highest BCUT2D eigenvalue weighted by Crippen LogP contribution is 2.35. The van der Waals surface area contributed by atoms with E-state index in [2.05, 4.69) is 16.0 Å². The normalized spacial score (nSPS) is 13.9. The largest absolute Gasteiger partial charge is 0.269 e. The van der Waals surface area contributed by atoms with Gasteiger partial charge >= 0.3 is 0 Å². The summed E-state index contributed by atoms with van der Waals surface area (Å²) in [6.45, 7) is 0. The van der Waals surface area contributed by atoms with Gasteiger partial charge in [-0.2, -0.15) is 0 Å². The summed E-state index contributed by atoms with van der Waals surface area (Å²) in [6.07, 6.45) is 1.75. The van der Waals surface area contributed by atoms with Crippen LogP contribution in [-0.4, -0.2) is 13.8 Å². The van der Waals surface area contributed by atoms with Crippen molar-refractivity contribution in [2.75, 3.05) is 0 Å². The molecule has 0 unspecified atom stereocenters. The van der Waals surface area contributed by atoms with Crippen LogP contribution in [0.2, 0.25) is 0 Å². The zero-order valence-electron chi connectivity index (χ0n) is 11.4. The molecule has 7 heteroatoms. The van der Waals surface area contributed by atoms with Crippen LogP contribution in [0.4, 0.5) is 5.69 Å². The lowest BCUT2D eigenvalue weighted by molar-refractivity contribution is 1.04. The lowest BCUT2D eigenvalue weighted by Gasteiger charge is -2.13. The van der Waals surface area contributed by atoms with Crippen molar-refractivity contribution in [3.63, 3.8) is 0 Å². The fourth-order valence-electron chi connectivity index (χ4n) is 2.18. The van der Waals surface area contributed by atoms with Crippen molar-refractivity contribution in [1.29, 1.82) is 0 Å². The number of hydrogen-bond donors (Lipinski definition) is 0. The molecule has 0 saturated carbocycles. The molecule has 3 heterocycles. The number of nitrogens with zero attached hydrogens (tertiary/aromatic N) is 3. The monoisotopic (exact) mass is 345 g/mol. The molecule has 0 atom stereocenters. The van der Waals surface area contributed by atoms with E-state index in [4.69, 9.17) is 0 Å². The predicted octanol–water partition coefficient (Wildman–Crippen LogP) is 3.92. The molecule has 0 amide bonds. The van der Waals surface area contributed by atoms with Gasteiger partial charge in [-0.15, -0.1) is 11.3 Å². The third-order valence-corrected chi connectivity index (χ3v) is 6.29. The maximum absolute atomic E-state index is 12.0. The number of thiazole rings is 1. The zero-order valence-corrected chi connectivity index (χ0v) is 13.9. The molecule has 0 aliphatic carbocycles. The van der Waals surface area contributed by atoms with E-state index in [0.717, 1.165) is 26.5 Å². The Kier molecular flexibility index (Phi) is 3.77. The molecule has 110 valence electrons. The highest BCUT2D eigenvalue weighted by atomic mass is 32.2. The standard InChI is InChI=1S/C15H11N3OS3/c19-13-7-11(16-14-18(13)5-6-20-14)9-22-15-17-12-4-2-1-3-10(12)8-21-15/h1-7H,8-9H2. The Balaban J connectivity index is 1.55. The van der Waals surface area contributed by atoms with Crippen molar-refractivity contribution >= 4 is 49.9 Å². The first-order chi connectivity index (χ1) is 10.8. The molecule has 0 bridgehead atoms. The Labute approximate surface area is 139 Å². The van der Waals surface area contributed by atoms with Crippen LogP contribution in [-0.2, 0) is 11.5 Å². The highest BCUT2D eigenvalue weighted by molar-refractivity contribution is 8.38. The maximum Gasteiger partial charge on any atom is 0.258 e. The summed E-state index contributed by atoms with van der Waals surface area (Å²) in [5, 5.41) is 1.87. The number of thioether (sulfide) groups is 2. The lowest BCUT2D eigenvalue weighted by Crippen LogP contribution is -2.12. The number of fused-ring (bicyclic) bond motifs is 2. The van der Waals surface area contributed by atoms with Gasteiger partial charge in [0.1, 0.15) is 4.38 Å². The highest BCUT2D eigenvalue weighted by Gasteiger charge is 2.13. The molecule has 0 saturated heterocycles. The predicted molar refractivity (Wildman–Crippen MR) is 95.5 cm³/mol. The van der Waals surface area contributed by atoms with E-state index in [1.807, 2.05) is 23.6 Å². The molecule has 22 heavy (non-hydrogen) atoms. The summed E-state index contributed by atoms with van der Waals surface area (Å²) >= 11 is 4.85. The zero-order chi connectivity index (χ0) is 14.9. The molecular formula is C15H11N3OS3. The van der Waals surface area contributed by atoms with Crippen LogP contribution in [0.25, 0.3) is 4.96 Å². The van der Waals surface area contributed by atoms with E-state index in [1.165, 1.54) is 16.9 Å². The van der Waals surface area contributed by atoms with Crippen LogP contribution >= 0.6 is 34.9 Å². The molecule has 0 N–H and O–H groups in total. The quantitative estimate of drug-likeness (QED) is 0.706. The van der Waals surface area contributed by atoms with Gasteiger partial charge in [0, 0.05) is 29.1 Å². The van der Waals surface area contributed by atoms with Crippen molar-refractivity contribution in [1.82, 2.24) is 9.38 Å². The Hall–Kier alpha value is -1.57. The summed E-state index contributed by atoms with van der Waals surface area (Å²) < 4.78 is 2.61. The summed E-state index contributed by atoms with van der Waals surface area (Å²) in [6, 6.07) is 9.81. The molecule has 4 rings (SSSR count). The summed E-state index contributed by atoms with van der Waals surface area (Å²) in [5.74, 6) is 1.61. The van der Waals surface area contributed by atoms with Crippen molar-refractivity contribution in [3.8, 4) is 0 Å². The lowest BCUT2D eigenvalue weighted by atomic mass is 10.2. The number of aromatic nitrogens is 2. The van der Waals surface area contributed by atoms with Crippen molar-refractivity contribution in [3.05, 3.63) is 63.5 Å². The van der Waals surface area contributed by atoms with Crippen LogP contribution in [0.3, 0.4) is 0 Å². The van der Waals surface area contributed by atoms with Gasteiger partial charge in [-0.3, -0.25) is 9.20 Å². The summed E-state index contributed by atoms with van der Waals surface area (Å²) in [5.41, 5.74) is 3.10. The van der Waals surface area contributed by atoms with Gasteiger partial charge in [0.05, 0.1) is 11.4 Å². The Morgan fingerprint density at radius 2 is 2.23 bits per heavy atom. The Morgan fingerprint density at radius 1 is 1.32 bits per heavy atom. The first-order valence-corrected chi connectivity index (χ1v) is 9.53. The van der Waals surface area contributed by atoms with Crippen molar-refractivity contribution < 1.29 is 0 Å². The van der Waals surface area contributed by atoms with E-state index in [1.54, 1.807) is 40.2 Å². The Morgan fingerprint density at radius 3 is 3.18 bits per heavy atom. The van der Waals surface area contributed by atoms with Crippen LogP contribution < -0.4 is 5.56 Å². The third kappa shape index (κ3) is 2.71. The number of aliphatic imine (C=N–C) groups is 1. The second-order valence-electron chi connectivity index (χ2n) is 4.73. The number of para-hydroxylation sites is 1. The van der Waals surface area contributed by atoms with E-state index in [-0.39, 0.29) is 5.56 Å². The minimum atomic E-state index is -0.0227. The molecule has 4 nitrogen and oxygen atoms in total. The topological polar surface area (TPSA) is 46.7 Å². The number of hydrogen-bond acceptors (Lipinski definition) is 6. The van der Waals surface area contributed by atoms with Gasteiger partial charge in [-0.05, 0) is 11.6 Å². The van der Waals surface area contributed by atoms with Crippen LogP contribution in [0, 0.1) is 0 Å². The maximum atomic E-state index is 12.0. The molecule has 2 aromatic heterocycles. The molecule has 1 aliphatic heterocycles. The molecular weight excluding hydrogens is 334 g/mol. The van der Waals surface area contributed by atoms with Crippen molar-refractivity contribution in [2.45, 2.75) is 11.5 Å². The smallest absolute Gasteiger partial charge is 0.258 e. The first-order valence-electron chi connectivity index (χ1n) is 6.67. The van der Waals surface area contributed by atoms with Gasteiger partial charge in [0.15, 0.2) is 4.96 Å². The minimum Gasteiger partial charge on any atom is -0.269 e. The van der Waals surface area contributed by atoms with E-state index < -0.39 is 0 Å². The SMILES string of the molecule is O=c1cc(CSC2=Nc3ccccc3CS2)nc2sccn12. The van der Waals surface area contributed by atoms with Crippen LogP contribution in [0.15, 0.2) is 51.7 Å². The van der Waals surface area contributed by atoms with Gasteiger partial charge in [-0.1, -0.05) is 41.7 Å². The van der Waals surface area contributed by atoms with Gasteiger partial charge in [0.2, 0.25) is 0 Å². The van der Waals surface area contributed by atoms with Gasteiger partial charge in [-0.25, -0.2) is 9.98 Å². The first kappa shape index (κ1) is 14.0. The van der Waals surface area contributed by atoms with E-state index in [0.29, 0.717) is 5.75 Å². The fourth-order valence-corrected chi connectivity index (χ4v) is 4.88. The molecule has 1 aromatic carbocycles. The summed E-state index contributed by atoms with van der Waals surface area (Å²) in [4.78, 5) is 21.9. The molecule has 1 aliphatic rings. The van der Waals surface area contributed by atoms with Gasteiger partial charge < -0.3 is 0 Å². The third-order valence-electron chi connectivity index (χ3n) is 3.25. The molecule has 0 radical (unpaired) electrons. The molecule has 3 aromatic rings. The average molecular weight is 345 g/mol. The van der Waals surface area contributed by atoms with Crippen molar-refractivity contribution in [2.24, 2.45) is 4.99 Å². The number of benzene rings is 1. The second kappa shape index (κ2) is 5.91. The fraction of sp³-hybridized carbons (Fsp3) is 0.133. The van der Waals surface area contributed by atoms with Gasteiger partial charge in [0.25, 0.3) is 5.56 Å². The van der Waals surface area contributed by atoms with Crippen LogP contribution in [0.1, 0.15) is 11.3 Å². The summed E-state index contributed by atoms with van der Waals surface area (Å²) in [7, 11) is 0. The molecule has 0 fully saturated rings.